The first-order chi connectivity index (χ1) is 0. The van der Waals surface area contributed by atoms with Gasteiger partial charge in [0.05, 0.1) is 0 Å². The number of hydrogen-bond donors (Lipinski definition) is 0. The van der Waals surface area contributed by atoms with Crippen LogP contribution in [-0.2, 0) is 34.1 Å². The zero-order valence-corrected chi connectivity index (χ0v) is 6.69. The molecule has 1 unspecified atom stereocenters. The van der Waals surface area contributed by atoms with Crippen molar-refractivity contribution in [3.63, 3.8) is 0 Å². The van der Waals surface area contributed by atoms with Crippen LogP contribution in [0.1, 0.15) is 0 Å². The Bertz CT molecular complexity index is 11.6. The molecule has 1 atom stereocenters. The van der Waals surface area contributed by atoms with E-state index < -0.39 is 0 Å². The molecule has 5 heavy (non-hydrogen) atoms. The van der Waals surface area contributed by atoms with Crippen LogP contribution in [0.4, 0.5) is 0 Å². The van der Waals surface area contributed by atoms with E-state index in [9.17, 15) is 0 Å². The predicted molar refractivity (Wildman–Crippen MR) is 28.4 cm³/mol. The van der Waals surface area contributed by atoms with Crippen LogP contribution < -0.4 is 0 Å². The molecule has 1 radical (unpaired) electrons. The summed E-state index contributed by atoms with van der Waals surface area (Å²) < 4.78 is 0. The van der Waals surface area contributed by atoms with E-state index in [2.05, 4.69) is 0 Å². The van der Waals surface area contributed by atoms with Crippen molar-refractivity contribution in [1.29, 1.82) is 0 Å². The van der Waals surface area contributed by atoms with Crippen molar-refractivity contribution in [1.82, 2.24) is 0 Å². The zero-order valence-electron chi connectivity index (χ0n) is 1.44. The Labute approximate surface area is 91.1 Å². The second kappa shape index (κ2) is 28.6. The summed E-state index contributed by atoms with van der Waals surface area (Å²) in [6.45, 7) is 0. The Morgan fingerprint density at radius 2 is 1.00 bits per heavy atom. The maximum Gasteiger partial charge on any atom is 0.316 e. The zero-order chi connectivity index (χ0) is 0. The molecule has 0 bridgehead atoms. The molecule has 0 spiro atoms. The summed E-state index contributed by atoms with van der Waals surface area (Å²) in [6.07, 6.45) is 0. The molecule has 5 heteroatoms. The van der Waals surface area contributed by atoms with Crippen LogP contribution >= 0.6 is 0 Å². The van der Waals surface area contributed by atoms with Crippen LogP contribution in [0, 0.1) is 0 Å². The van der Waals surface area contributed by atoms with E-state index in [1.54, 1.807) is 0 Å². The molecule has 0 rings (SSSR count). The fourth-order valence-corrected chi connectivity index (χ4v) is 0. The normalized spacial score (nSPS) is 0. The molecule has 33 valence electrons. The van der Waals surface area contributed by atoms with Gasteiger partial charge in [0.2, 0.25) is 0 Å². The maximum atomic E-state index is 0. The molecule has 0 aromatic rings. The van der Waals surface area contributed by atoms with Crippen molar-refractivity contribution >= 4 is 58.4 Å². The summed E-state index contributed by atoms with van der Waals surface area (Å²) in [6, 6.07) is 0. The number of hydrogen-bond acceptors (Lipinski definition) is 0. The van der Waals surface area contributed by atoms with E-state index >= 15 is 0 Å². The summed E-state index contributed by atoms with van der Waals surface area (Å²) in [7, 11) is 0. The van der Waals surface area contributed by atoms with Gasteiger partial charge in [0, 0.05) is 34.1 Å². The Kier molecular flexibility index (Phi) is 256. The van der Waals surface area contributed by atoms with E-state index in [-0.39, 0.29) is 92.5 Å². The molecule has 0 aromatic heterocycles. The van der Waals surface area contributed by atoms with Crippen molar-refractivity contribution in [3.05, 3.63) is 0 Å². The fraction of sp³-hybridized carbons (Fsp3) is 0. The van der Waals surface area contributed by atoms with E-state index in [4.69, 9.17) is 0 Å². The van der Waals surface area contributed by atoms with Gasteiger partial charge in [-0.3, -0.25) is 0 Å². The second-order valence-electron chi connectivity index (χ2n) is 0. The Hall–Kier alpha value is 2.90. The molecular weight excluding hydrogens is 237 g/mol. The van der Waals surface area contributed by atoms with Gasteiger partial charge in [0.1, 0.15) is 0 Å². The first kappa shape index (κ1) is 44.8. The molecule has 0 aliphatic rings. The van der Waals surface area contributed by atoms with Gasteiger partial charge >= 0.3 is 41.0 Å². The van der Waals surface area contributed by atoms with Gasteiger partial charge in [0.15, 0.2) is 17.4 Å². The smallest absolute Gasteiger partial charge is 0 e. The minimum Gasteiger partial charge on any atom is 0 e. The third-order valence-corrected chi connectivity index (χ3v) is 0. The van der Waals surface area contributed by atoms with Gasteiger partial charge in [-0.05, 0) is 0 Å². The van der Waals surface area contributed by atoms with Crippen LogP contribution in [0.15, 0.2) is 0 Å². The summed E-state index contributed by atoms with van der Waals surface area (Å²) >= 11 is 0. The first-order valence-electron chi connectivity index (χ1n) is 0. The average Bonchev–Trinajstić information content (AvgIpc) is 0. The van der Waals surface area contributed by atoms with Crippen molar-refractivity contribution in [2.75, 3.05) is 0 Å². The molecule has 0 aromatic carbocycles. The van der Waals surface area contributed by atoms with E-state index in [0.717, 1.165) is 0 Å². The Balaban J connectivity index is 0. The molecule has 0 amide bonds. The van der Waals surface area contributed by atoms with Crippen LogP contribution in [0.2, 0.25) is 0 Å². The molecule has 0 heterocycles. The molecule has 0 nitrogen and oxygen atoms in total. The maximum absolute atomic E-state index is 0. The van der Waals surface area contributed by atoms with Crippen LogP contribution in [-0.4, -0.2) is 58.4 Å². The van der Waals surface area contributed by atoms with E-state index in [1.165, 1.54) is 0 Å². The van der Waals surface area contributed by atoms with E-state index in [0.29, 0.717) is 0 Å². The quantitative estimate of drug-likeness (QED) is 0.392. The van der Waals surface area contributed by atoms with Crippen molar-refractivity contribution in [3.8, 4) is 0 Å². The van der Waals surface area contributed by atoms with Gasteiger partial charge in [-0.15, -0.1) is 0 Å². The average molecular weight is 245 g/mol. The van der Waals surface area contributed by atoms with Crippen molar-refractivity contribution < 1.29 is 34.1 Å². The van der Waals surface area contributed by atoms with Crippen molar-refractivity contribution in [2.24, 2.45) is 0 Å². The molecular formula is H8AlAsFeMgMn. The monoisotopic (exact) mass is 245 g/mol. The van der Waals surface area contributed by atoms with E-state index in [1.807, 2.05) is 0 Å². The molecule has 0 aliphatic heterocycles. The third-order valence-electron chi connectivity index (χ3n) is 0. The van der Waals surface area contributed by atoms with Crippen molar-refractivity contribution in [2.45, 2.75) is 0 Å². The standard InChI is InChI=1S/Al.AsH3.Fe.Mg.Mn.5H/h;1H3;;;;;;;;. The Morgan fingerprint density at radius 3 is 1.00 bits per heavy atom. The fourth-order valence-electron chi connectivity index (χ4n) is 0. The first-order valence-corrected chi connectivity index (χ1v) is 0. The third kappa shape index (κ3) is 19.7. The molecule has 0 fully saturated rings. The topological polar surface area (TPSA) is 0 Å². The summed E-state index contributed by atoms with van der Waals surface area (Å²) in [5, 5.41) is 0. The SMILES string of the molecule is [AlH3].[AsH3].[Fe].[MgH2].[Mn]. The van der Waals surface area contributed by atoms with Crippen LogP contribution in [0.25, 0.3) is 0 Å². The van der Waals surface area contributed by atoms with Gasteiger partial charge in [-0.1, -0.05) is 0 Å². The summed E-state index contributed by atoms with van der Waals surface area (Å²) in [4.78, 5) is 0. The van der Waals surface area contributed by atoms with Gasteiger partial charge < -0.3 is 0 Å². The minimum atomic E-state index is 0. The Morgan fingerprint density at radius 1 is 1.00 bits per heavy atom. The molecule has 0 N–H and O–H groups in total. The molecule has 0 saturated carbocycles. The predicted octanol–water partition coefficient (Wildman–Crippen LogP) is -3.29. The largest absolute Gasteiger partial charge is 0.316 e. The minimum absolute atomic E-state index is 0. The molecule has 0 saturated heterocycles. The van der Waals surface area contributed by atoms with Gasteiger partial charge in [0.25, 0.3) is 0 Å². The second-order valence-corrected chi connectivity index (χ2v) is 0. The summed E-state index contributed by atoms with van der Waals surface area (Å²) in [5.41, 5.74) is 0. The van der Waals surface area contributed by atoms with Gasteiger partial charge in [-0.25, -0.2) is 0 Å². The number of rotatable bonds is 0. The van der Waals surface area contributed by atoms with Crippen LogP contribution in [0.3, 0.4) is 0 Å². The molecule has 0 aliphatic carbocycles. The van der Waals surface area contributed by atoms with Gasteiger partial charge in [-0.2, -0.15) is 0 Å². The van der Waals surface area contributed by atoms with Crippen LogP contribution in [0.5, 0.6) is 0 Å². The summed E-state index contributed by atoms with van der Waals surface area (Å²) in [5.74, 6) is 0.